The highest BCUT2D eigenvalue weighted by Crippen LogP contribution is 2.39. The molecule has 2 aromatic rings. The Morgan fingerprint density at radius 1 is 1.18 bits per heavy atom. The van der Waals surface area contributed by atoms with E-state index in [1.807, 2.05) is 27.7 Å². The van der Waals surface area contributed by atoms with Crippen LogP contribution >= 0.6 is 17.0 Å². The maximum absolute atomic E-state index is 13.2. The molecule has 0 radical (unpaired) electrons. The largest absolute Gasteiger partial charge is 0.504 e. The molecular formula is C25H32BrN3O5. The molecule has 0 atom stereocenters. The van der Waals surface area contributed by atoms with Crippen LogP contribution in [0.2, 0.25) is 0 Å². The van der Waals surface area contributed by atoms with Crippen molar-refractivity contribution in [1.29, 1.82) is 5.41 Å². The van der Waals surface area contributed by atoms with Crippen LogP contribution in [0.15, 0.2) is 24.3 Å². The van der Waals surface area contributed by atoms with Crippen LogP contribution in [0.1, 0.15) is 65.1 Å². The first kappa shape index (κ1) is 27.2. The molecule has 2 aromatic carbocycles. The lowest BCUT2D eigenvalue weighted by Crippen LogP contribution is -2.30. The molecule has 1 aliphatic heterocycles. The van der Waals surface area contributed by atoms with Crippen molar-refractivity contribution >= 4 is 34.5 Å². The van der Waals surface area contributed by atoms with Crippen molar-refractivity contribution in [2.24, 2.45) is 0 Å². The van der Waals surface area contributed by atoms with Crippen molar-refractivity contribution in [3.63, 3.8) is 0 Å². The molecular weight excluding hydrogens is 502 g/mol. The zero-order valence-electron chi connectivity index (χ0n) is 20.4. The second kappa shape index (κ2) is 10.5. The predicted octanol–water partition coefficient (Wildman–Crippen LogP) is 4.06. The number of ether oxygens (including phenoxy) is 2. The van der Waals surface area contributed by atoms with Gasteiger partial charge in [-0.3, -0.25) is 15.0 Å². The van der Waals surface area contributed by atoms with Gasteiger partial charge in [-0.15, -0.1) is 17.0 Å². The lowest BCUT2D eigenvalue weighted by atomic mass is 9.84. The highest BCUT2D eigenvalue weighted by atomic mass is 79.9. The SMILES string of the molecule is Br.CCOc1cc2c(cc1C(=O)NC)C(=N)N(CC(=O)c1cc(OC)c(O)c(C(C)(C)C)c1)C2. The average molecular weight is 534 g/mol. The molecule has 0 saturated heterocycles. The van der Waals surface area contributed by atoms with Gasteiger partial charge in [-0.1, -0.05) is 20.8 Å². The monoisotopic (exact) mass is 533 g/mol. The minimum absolute atomic E-state index is 0. The lowest BCUT2D eigenvalue weighted by molar-refractivity contribution is 0.0952. The number of ketones is 1. The van der Waals surface area contributed by atoms with E-state index in [9.17, 15) is 14.7 Å². The third kappa shape index (κ3) is 5.19. The van der Waals surface area contributed by atoms with E-state index in [-0.39, 0.29) is 52.6 Å². The van der Waals surface area contributed by atoms with Gasteiger partial charge in [0.1, 0.15) is 11.6 Å². The van der Waals surface area contributed by atoms with Crippen LogP contribution in [0, 0.1) is 5.41 Å². The summed E-state index contributed by atoms with van der Waals surface area (Å²) >= 11 is 0. The third-order valence-corrected chi connectivity index (χ3v) is 5.67. The minimum Gasteiger partial charge on any atom is -0.504 e. The van der Waals surface area contributed by atoms with E-state index in [0.717, 1.165) is 5.56 Å². The normalized spacial score (nSPS) is 12.6. The molecule has 0 bridgehead atoms. The highest BCUT2D eigenvalue weighted by Gasteiger charge is 2.30. The molecule has 1 aliphatic rings. The van der Waals surface area contributed by atoms with Gasteiger partial charge in [0.15, 0.2) is 17.3 Å². The number of amides is 1. The van der Waals surface area contributed by atoms with E-state index >= 15 is 0 Å². The Labute approximate surface area is 210 Å². The third-order valence-electron chi connectivity index (χ3n) is 5.67. The van der Waals surface area contributed by atoms with Gasteiger partial charge in [0.25, 0.3) is 5.91 Å². The molecule has 0 spiro atoms. The summed E-state index contributed by atoms with van der Waals surface area (Å²) in [5, 5.41) is 21.7. The summed E-state index contributed by atoms with van der Waals surface area (Å²) < 4.78 is 10.9. The molecule has 3 N–H and O–H groups in total. The number of phenolic OH excluding ortho intramolecular Hbond substituents is 1. The van der Waals surface area contributed by atoms with Gasteiger partial charge in [0, 0.05) is 30.3 Å². The molecule has 1 heterocycles. The topological polar surface area (TPSA) is 112 Å². The number of methoxy groups -OCH3 is 1. The van der Waals surface area contributed by atoms with Gasteiger partial charge in [-0.2, -0.15) is 0 Å². The van der Waals surface area contributed by atoms with Gasteiger partial charge in [-0.05, 0) is 42.2 Å². The van der Waals surface area contributed by atoms with Crippen LogP contribution in [0.25, 0.3) is 0 Å². The summed E-state index contributed by atoms with van der Waals surface area (Å²) in [5.74, 6) is 0.389. The van der Waals surface area contributed by atoms with E-state index < -0.39 is 5.41 Å². The molecule has 0 aliphatic carbocycles. The first-order chi connectivity index (χ1) is 15.5. The smallest absolute Gasteiger partial charge is 0.254 e. The van der Waals surface area contributed by atoms with Crippen LogP contribution in [0.5, 0.6) is 17.2 Å². The number of fused-ring (bicyclic) bond motifs is 1. The second-order valence-electron chi connectivity index (χ2n) is 8.97. The Hall–Kier alpha value is -3.07. The number of aromatic hydroxyl groups is 1. The molecule has 0 unspecified atom stereocenters. The Bertz CT molecular complexity index is 1120. The summed E-state index contributed by atoms with van der Waals surface area (Å²) in [4.78, 5) is 27.1. The number of hydrogen-bond donors (Lipinski definition) is 3. The number of carbonyl (C=O) groups is 2. The van der Waals surface area contributed by atoms with Crippen LogP contribution in [0.3, 0.4) is 0 Å². The molecule has 184 valence electrons. The minimum atomic E-state index is -0.393. The molecule has 0 aromatic heterocycles. The zero-order chi connectivity index (χ0) is 24.5. The van der Waals surface area contributed by atoms with Crippen LogP contribution < -0.4 is 14.8 Å². The van der Waals surface area contributed by atoms with Gasteiger partial charge in [-0.25, -0.2) is 0 Å². The van der Waals surface area contributed by atoms with Crippen LogP contribution in [-0.4, -0.2) is 54.8 Å². The second-order valence-corrected chi connectivity index (χ2v) is 8.97. The van der Waals surface area contributed by atoms with Crippen molar-refractivity contribution < 1.29 is 24.2 Å². The summed E-state index contributed by atoms with van der Waals surface area (Å²) in [7, 11) is 2.99. The van der Waals surface area contributed by atoms with E-state index in [0.29, 0.717) is 41.2 Å². The predicted molar refractivity (Wildman–Crippen MR) is 136 cm³/mol. The Kier molecular flexibility index (Phi) is 8.36. The number of Topliss-reactive ketones (excluding diaryl/α,β-unsaturated/α-hetero) is 1. The zero-order valence-corrected chi connectivity index (χ0v) is 22.1. The van der Waals surface area contributed by atoms with Crippen LogP contribution in [0.4, 0.5) is 0 Å². The van der Waals surface area contributed by atoms with Crippen molar-refractivity contribution in [2.75, 3.05) is 27.3 Å². The lowest BCUT2D eigenvalue weighted by Gasteiger charge is -2.23. The molecule has 34 heavy (non-hydrogen) atoms. The van der Waals surface area contributed by atoms with Crippen molar-refractivity contribution in [1.82, 2.24) is 10.2 Å². The van der Waals surface area contributed by atoms with E-state index in [1.54, 1.807) is 30.1 Å². The first-order valence-corrected chi connectivity index (χ1v) is 10.8. The average Bonchev–Trinajstić information content (AvgIpc) is 3.06. The van der Waals surface area contributed by atoms with Gasteiger partial charge in [0.05, 0.1) is 25.8 Å². The van der Waals surface area contributed by atoms with Crippen molar-refractivity contribution in [3.8, 4) is 17.2 Å². The fraction of sp³-hybridized carbons (Fsp3) is 0.400. The summed E-state index contributed by atoms with van der Waals surface area (Å²) in [5.41, 5.74) is 2.40. The first-order valence-electron chi connectivity index (χ1n) is 10.8. The number of phenols is 1. The van der Waals surface area contributed by atoms with Crippen molar-refractivity contribution in [2.45, 2.75) is 39.7 Å². The highest BCUT2D eigenvalue weighted by molar-refractivity contribution is 8.93. The van der Waals surface area contributed by atoms with Crippen molar-refractivity contribution in [3.05, 3.63) is 52.1 Å². The van der Waals surface area contributed by atoms with Gasteiger partial charge < -0.3 is 24.8 Å². The summed E-state index contributed by atoms with van der Waals surface area (Å²) in [6.07, 6.45) is 0. The fourth-order valence-corrected chi connectivity index (χ4v) is 3.91. The Morgan fingerprint density at radius 2 is 1.85 bits per heavy atom. The van der Waals surface area contributed by atoms with Gasteiger partial charge >= 0.3 is 0 Å². The van der Waals surface area contributed by atoms with E-state index in [2.05, 4.69) is 5.32 Å². The molecule has 1 amide bonds. The maximum atomic E-state index is 13.2. The number of rotatable bonds is 7. The van der Waals surface area contributed by atoms with Gasteiger partial charge in [0.2, 0.25) is 0 Å². The molecule has 0 saturated carbocycles. The number of halogens is 1. The Balaban J connectivity index is 0.00000408. The molecule has 3 rings (SSSR count). The Morgan fingerprint density at radius 3 is 2.41 bits per heavy atom. The van der Waals surface area contributed by atoms with Crippen LogP contribution in [-0.2, 0) is 12.0 Å². The number of amidine groups is 1. The van der Waals surface area contributed by atoms with E-state index in [1.165, 1.54) is 13.2 Å². The number of nitrogens with one attached hydrogen (secondary N) is 2. The molecule has 9 heteroatoms. The quantitative estimate of drug-likeness (QED) is 0.462. The number of nitrogens with zero attached hydrogens (tertiary/aromatic N) is 1. The number of hydrogen-bond acceptors (Lipinski definition) is 6. The number of carbonyl (C=O) groups excluding carboxylic acids is 2. The molecule has 8 nitrogen and oxygen atoms in total. The summed E-state index contributed by atoms with van der Waals surface area (Å²) in [6, 6.07) is 6.62. The molecule has 0 fully saturated rings. The summed E-state index contributed by atoms with van der Waals surface area (Å²) in [6.45, 7) is 8.42. The van der Waals surface area contributed by atoms with E-state index in [4.69, 9.17) is 14.9 Å². The fourth-order valence-electron chi connectivity index (χ4n) is 3.91. The standard InChI is InChI=1S/C25H31N3O5.BrH/c1-7-33-20-10-15-12-28(23(26)16(15)11-17(20)24(31)27-5)13-19(29)14-8-18(25(2,3)4)22(30)21(9-14)32-6;/h8-11,26,30H,7,12-13H2,1-6H3,(H,27,31);1H. The number of benzene rings is 2. The maximum Gasteiger partial charge on any atom is 0.254 e.